The molecule has 92 valence electrons. The van der Waals surface area contributed by atoms with Gasteiger partial charge in [0.05, 0.1) is 25.0 Å². The summed E-state index contributed by atoms with van der Waals surface area (Å²) < 4.78 is 9.67. The molecule has 0 unspecified atom stereocenters. The summed E-state index contributed by atoms with van der Waals surface area (Å²) in [6.07, 6.45) is 3.23. The second-order valence-electron chi connectivity index (χ2n) is 4.85. The van der Waals surface area contributed by atoms with E-state index in [9.17, 15) is 9.59 Å². The summed E-state index contributed by atoms with van der Waals surface area (Å²) in [5, 5.41) is 0. The molecule has 16 heavy (non-hydrogen) atoms. The monoisotopic (exact) mass is 228 g/mol. The van der Waals surface area contributed by atoms with Crippen molar-refractivity contribution in [2.45, 2.75) is 39.5 Å². The van der Waals surface area contributed by atoms with Crippen LogP contribution >= 0.6 is 0 Å². The van der Waals surface area contributed by atoms with E-state index >= 15 is 0 Å². The molecule has 1 aliphatic rings. The maximum absolute atomic E-state index is 11.9. The van der Waals surface area contributed by atoms with Gasteiger partial charge in [-0.1, -0.05) is 12.8 Å². The standard InChI is InChI=1S/C12H20O4/c1-11(9(13)15-3)7-5-6-8-12(11,2)10(14)16-4/h5-8H2,1-4H3/t11-,12-/m1/s1. The molecule has 0 saturated heterocycles. The minimum atomic E-state index is -0.771. The fraction of sp³-hybridized carbons (Fsp3) is 0.833. The Kier molecular flexibility index (Phi) is 3.61. The highest BCUT2D eigenvalue weighted by Gasteiger charge is 2.57. The van der Waals surface area contributed by atoms with E-state index in [4.69, 9.17) is 9.47 Å². The van der Waals surface area contributed by atoms with Crippen molar-refractivity contribution in [1.82, 2.24) is 0 Å². The van der Waals surface area contributed by atoms with Crippen molar-refractivity contribution < 1.29 is 19.1 Å². The summed E-state index contributed by atoms with van der Waals surface area (Å²) in [5.74, 6) is -0.639. The van der Waals surface area contributed by atoms with E-state index in [2.05, 4.69) is 0 Å². The van der Waals surface area contributed by atoms with Gasteiger partial charge in [-0.25, -0.2) is 0 Å². The zero-order valence-electron chi connectivity index (χ0n) is 10.5. The molecule has 0 radical (unpaired) electrons. The predicted octanol–water partition coefficient (Wildman–Crippen LogP) is 1.92. The van der Waals surface area contributed by atoms with Crippen LogP contribution in [0.25, 0.3) is 0 Å². The quantitative estimate of drug-likeness (QED) is 0.677. The third-order valence-corrected chi connectivity index (χ3v) is 4.09. The SMILES string of the molecule is COC(=O)[C@@]1(C)CCCC[C@]1(C)C(=O)OC. The van der Waals surface area contributed by atoms with Gasteiger partial charge in [0, 0.05) is 0 Å². The first-order valence-electron chi connectivity index (χ1n) is 5.59. The fourth-order valence-electron chi connectivity index (χ4n) is 2.61. The highest BCUT2D eigenvalue weighted by Crippen LogP contribution is 2.51. The smallest absolute Gasteiger partial charge is 0.312 e. The van der Waals surface area contributed by atoms with Gasteiger partial charge in [-0.2, -0.15) is 0 Å². The lowest BCUT2D eigenvalue weighted by Gasteiger charge is -2.45. The molecule has 0 aromatic carbocycles. The van der Waals surface area contributed by atoms with E-state index in [1.807, 2.05) is 0 Å². The molecule has 1 rings (SSSR count). The Morgan fingerprint density at radius 1 is 0.875 bits per heavy atom. The van der Waals surface area contributed by atoms with Crippen LogP contribution in [-0.2, 0) is 19.1 Å². The van der Waals surface area contributed by atoms with Gasteiger partial charge in [0.25, 0.3) is 0 Å². The van der Waals surface area contributed by atoms with Crippen LogP contribution in [0.2, 0.25) is 0 Å². The van der Waals surface area contributed by atoms with Crippen LogP contribution in [0.15, 0.2) is 0 Å². The van der Waals surface area contributed by atoms with Gasteiger partial charge in [0.15, 0.2) is 0 Å². The molecule has 0 spiro atoms. The largest absolute Gasteiger partial charge is 0.469 e. The molecule has 0 aromatic rings. The molecular weight excluding hydrogens is 208 g/mol. The lowest BCUT2D eigenvalue weighted by atomic mass is 9.57. The van der Waals surface area contributed by atoms with Gasteiger partial charge in [-0.15, -0.1) is 0 Å². The first-order valence-corrected chi connectivity index (χ1v) is 5.59. The number of esters is 2. The third kappa shape index (κ3) is 1.70. The number of hydrogen-bond acceptors (Lipinski definition) is 4. The van der Waals surface area contributed by atoms with Gasteiger partial charge < -0.3 is 9.47 Å². The van der Waals surface area contributed by atoms with Crippen LogP contribution in [0.4, 0.5) is 0 Å². The van der Waals surface area contributed by atoms with E-state index in [-0.39, 0.29) is 11.9 Å². The maximum Gasteiger partial charge on any atom is 0.312 e. The Morgan fingerprint density at radius 3 is 1.44 bits per heavy atom. The number of carbonyl (C=O) groups excluding carboxylic acids is 2. The van der Waals surface area contributed by atoms with Crippen molar-refractivity contribution in [1.29, 1.82) is 0 Å². The topological polar surface area (TPSA) is 52.6 Å². The zero-order valence-corrected chi connectivity index (χ0v) is 10.5. The summed E-state index contributed by atoms with van der Waals surface area (Å²) in [6, 6.07) is 0. The lowest BCUT2D eigenvalue weighted by molar-refractivity contribution is -0.179. The Bertz CT molecular complexity index is 269. The molecule has 0 N–H and O–H groups in total. The van der Waals surface area contributed by atoms with Crippen LogP contribution in [0, 0.1) is 10.8 Å². The number of rotatable bonds is 2. The van der Waals surface area contributed by atoms with Gasteiger partial charge in [-0.3, -0.25) is 9.59 Å². The van der Waals surface area contributed by atoms with E-state index in [1.54, 1.807) is 13.8 Å². The Morgan fingerprint density at radius 2 is 1.19 bits per heavy atom. The van der Waals surface area contributed by atoms with E-state index in [1.165, 1.54) is 14.2 Å². The van der Waals surface area contributed by atoms with Crippen LogP contribution in [0.1, 0.15) is 39.5 Å². The molecule has 0 aliphatic heterocycles. The van der Waals surface area contributed by atoms with E-state index < -0.39 is 10.8 Å². The number of methoxy groups -OCH3 is 2. The molecule has 4 heteroatoms. The predicted molar refractivity (Wildman–Crippen MR) is 58.7 cm³/mol. The molecule has 0 aromatic heterocycles. The number of hydrogen-bond donors (Lipinski definition) is 0. The molecule has 0 bridgehead atoms. The lowest BCUT2D eigenvalue weighted by Crippen LogP contribution is -2.51. The highest BCUT2D eigenvalue weighted by molar-refractivity contribution is 5.88. The average molecular weight is 228 g/mol. The number of ether oxygens (including phenoxy) is 2. The Balaban J connectivity index is 3.12. The third-order valence-electron chi connectivity index (χ3n) is 4.09. The summed E-state index contributed by atoms with van der Waals surface area (Å²) in [6.45, 7) is 3.60. The van der Waals surface area contributed by atoms with Crippen LogP contribution < -0.4 is 0 Å². The van der Waals surface area contributed by atoms with Crippen molar-refractivity contribution in [2.75, 3.05) is 14.2 Å². The normalized spacial score (nSPS) is 34.2. The molecule has 1 aliphatic carbocycles. The van der Waals surface area contributed by atoms with Crippen molar-refractivity contribution in [3.05, 3.63) is 0 Å². The summed E-state index contributed by atoms with van der Waals surface area (Å²) >= 11 is 0. The summed E-state index contributed by atoms with van der Waals surface area (Å²) in [4.78, 5) is 23.8. The van der Waals surface area contributed by atoms with Crippen molar-refractivity contribution in [3.63, 3.8) is 0 Å². The van der Waals surface area contributed by atoms with Crippen molar-refractivity contribution in [2.24, 2.45) is 10.8 Å². The minimum absolute atomic E-state index is 0.319. The minimum Gasteiger partial charge on any atom is -0.469 e. The van der Waals surface area contributed by atoms with Gasteiger partial charge in [0.1, 0.15) is 0 Å². The van der Waals surface area contributed by atoms with Gasteiger partial charge >= 0.3 is 11.9 Å². The Hall–Kier alpha value is -1.06. The van der Waals surface area contributed by atoms with Crippen molar-refractivity contribution >= 4 is 11.9 Å². The van der Waals surface area contributed by atoms with Crippen LogP contribution in [-0.4, -0.2) is 26.2 Å². The van der Waals surface area contributed by atoms with Crippen LogP contribution in [0.3, 0.4) is 0 Å². The molecule has 0 heterocycles. The molecule has 4 nitrogen and oxygen atoms in total. The summed E-state index contributed by atoms with van der Waals surface area (Å²) in [7, 11) is 2.72. The fourth-order valence-corrected chi connectivity index (χ4v) is 2.61. The first-order chi connectivity index (χ1) is 7.42. The Labute approximate surface area is 96.3 Å². The summed E-state index contributed by atoms with van der Waals surface area (Å²) in [5.41, 5.74) is -1.54. The van der Waals surface area contributed by atoms with E-state index in [0.29, 0.717) is 12.8 Å². The first kappa shape index (κ1) is 13.0. The van der Waals surface area contributed by atoms with Crippen LogP contribution in [0.5, 0.6) is 0 Å². The molecule has 0 amide bonds. The molecular formula is C12H20O4. The number of carbonyl (C=O) groups is 2. The zero-order chi connectivity index (χ0) is 12.4. The highest BCUT2D eigenvalue weighted by atomic mass is 16.5. The molecule has 1 fully saturated rings. The second kappa shape index (κ2) is 4.44. The average Bonchev–Trinajstić information content (AvgIpc) is 2.30. The molecule has 2 atom stereocenters. The van der Waals surface area contributed by atoms with Gasteiger partial charge in [0.2, 0.25) is 0 Å². The molecule has 1 saturated carbocycles. The second-order valence-corrected chi connectivity index (χ2v) is 4.85. The van der Waals surface area contributed by atoms with E-state index in [0.717, 1.165) is 12.8 Å². The van der Waals surface area contributed by atoms with Gasteiger partial charge in [-0.05, 0) is 26.7 Å². The maximum atomic E-state index is 11.9. The van der Waals surface area contributed by atoms with Crippen molar-refractivity contribution in [3.8, 4) is 0 Å².